The summed E-state index contributed by atoms with van der Waals surface area (Å²) in [6, 6.07) is 7.61. The summed E-state index contributed by atoms with van der Waals surface area (Å²) in [5.41, 5.74) is 0.768. The summed E-state index contributed by atoms with van der Waals surface area (Å²) in [5, 5.41) is 2.90. The number of carbonyl (C=O) groups is 1. The van der Waals surface area contributed by atoms with Gasteiger partial charge >= 0.3 is 0 Å². The number of amides is 1. The third-order valence-electron chi connectivity index (χ3n) is 1.93. The Labute approximate surface area is 98.2 Å². The monoisotopic (exact) mass is 303 g/mol. The van der Waals surface area contributed by atoms with E-state index in [1.165, 1.54) is 0 Å². The Morgan fingerprint density at radius 3 is 2.79 bits per heavy atom. The molecule has 0 unspecified atom stereocenters. The summed E-state index contributed by atoms with van der Waals surface area (Å²) in [4.78, 5) is 11.6. The molecule has 0 bridgehead atoms. The van der Waals surface area contributed by atoms with Crippen molar-refractivity contribution >= 4 is 28.5 Å². The van der Waals surface area contributed by atoms with Gasteiger partial charge in [-0.05, 0) is 41.1 Å². The first kappa shape index (κ1) is 11.5. The second kappa shape index (κ2) is 6.01. The van der Waals surface area contributed by atoms with Crippen molar-refractivity contribution in [2.75, 3.05) is 6.54 Å². The van der Waals surface area contributed by atoms with Crippen LogP contribution in [0.25, 0.3) is 0 Å². The fourth-order valence-corrected chi connectivity index (χ4v) is 1.75. The maximum atomic E-state index is 11.6. The number of hydrogen-bond donors (Lipinski definition) is 1. The van der Waals surface area contributed by atoms with Gasteiger partial charge in [-0.1, -0.05) is 25.5 Å². The van der Waals surface area contributed by atoms with E-state index >= 15 is 0 Å². The lowest BCUT2D eigenvalue weighted by Crippen LogP contribution is -2.25. The van der Waals surface area contributed by atoms with Crippen molar-refractivity contribution in [1.82, 2.24) is 5.32 Å². The average Bonchev–Trinajstić information content (AvgIpc) is 2.18. The molecule has 3 heteroatoms. The van der Waals surface area contributed by atoms with Gasteiger partial charge in [0.2, 0.25) is 0 Å². The molecule has 1 aromatic carbocycles. The highest BCUT2D eigenvalue weighted by molar-refractivity contribution is 14.1. The minimum Gasteiger partial charge on any atom is -0.352 e. The van der Waals surface area contributed by atoms with Crippen LogP contribution in [0.5, 0.6) is 0 Å². The summed E-state index contributed by atoms with van der Waals surface area (Å²) in [5.74, 6) is 0.0310. The van der Waals surface area contributed by atoms with Gasteiger partial charge < -0.3 is 5.32 Å². The van der Waals surface area contributed by atoms with Crippen LogP contribution in [0.1, 0.15) is 30.1 Å². The van der Waals surface area contributed by atoms with E-state index in [2.05, 4.69) is 34.8 Å². The van der Waals surface area contributed by atoms with Crippen molar-refractivity contribution in [3.05, 3.63) is 33.4 Å². The minimum absolute atomic E-state index is 0.0310. The molecule has 0 aromatic heterocycles. The third kappa shape index (κ3) is 3.29. The molecule has 0 spiro atoms. The van der Waals surface area contributed by atoms with E-state index in [0.717, 1.165) is 28.5 Å². The first-order valence-electron chi connectivity index (χ1n) is 4.78. The molecule has 0 radical (unpaired) electrons. The van der Waals surface area contributed by atoms with E-state index in [-0.39, 0.29) is 5.91 Å². The first-order chi connectivity index (χ1) is 6.75. The van der Waals surface area contributed by atoms with Gasteiger partial charge in [0.05, 0.1) is 5.56 Å². The Bertz CT molecular complexity index is 312. The SMILES string of the molecule is CCCCNC(=O)c1ccccc1I. The van der Waals surface area contributed by atoms with E-state index in [9.17, 15) is 4.79 Å². The highest BCUT2D eigenvalue weighted by atomic mass is 127. The summed E-state index contributed by atoms with van der Waals surface area (Å²) in [6.07, 6.45) is 2.14. The largest absolute Gasteiger partial charge is 0.352 e. The number of halogens is 1. The van der Waals surface area contributed by atoms with Gasteiger partial charge in [-0.3, -0.25) is 4.79 Å². The molecule has 0 heterocycles. The van der Waals surface area contributed by atoms with Crippen LogP contribution < -0.4 is 5.32 Å². The summed E-state index contributed by atoms with van der Waals surface area (Å²) >= 11 is 2.18. The van der Waals surface area contributed by atoms with Crippen molar-refractivity contribution in [3.63, 3.8) is 0 Å². The van der Waals surface area contributed by atoms with Gasteiger partial charge in [0.15, 0.2) is 0 Å². The Kier molecular flexibility index (Phi) is 4.93. The molecule has 1 N–H and O–H groups in total. The van der Waals surface area contributed by atoms with Crippen molar-refractivity contribution in [1.29, 1.82) is 0 Å². The molecule has 0 atom stereocenters. The number of nitrogens with one attached hydrogen (secondary N) is 1. The minimum atomic E-state index is 0.0310. The van der Waals surface area contributed by atoms with Gasteiger partial charge in [0, 0.05) is 10.1 Å². The highest BCUT2D eigenvalue weighted by Gasteiger charge is 2.07. The number of carbonyl (C=O) groups excluding carboxylic acids is 1. The van der Waals surface area contributed by atoms with Crippen molar-refractivity contribution < 1.29 is 4.79 Å². The predicted molar refractivity (Wildman–Crippen MR) is 66.4 cm³/mol. The van der Waals surface area contributed by atoms with E-state index in [4.69, 9.17) is 0 Å². The molecular formula is C11H14INO. The Hall–Kier alpha value is -0.580. The van der Waals surface area contributed by atoms with E-state index in [1.807, 2.05) is 24.3 Å². The number of rotatable bonds is 4. The molecule has 76 valence electrons. The van der Waals surface area contributed by atoms with Gasteiger partial charge in [0.25, 0.3) is 5.91 Å². The van der Waals surface area contributed by atoms with Crippen molar-refractivity contribution in [3.8, 4) is 0 Å². The second-order valence-corrected chi connectivity index (χ2v) is 4.25. The lowest BCUT2D eigenvalue weighted by atomic mass is 10.2. The maximum absolute atomic E-state index is 11.6. The second-order valence-electron chi connectivity index (χ2n) is 3.09. The lowest BCUT2D eigenvalue weighted by Gasteiger charge is -2.05. The Morgan fingerprint density at radius 2 is 2.14 bits per heavy atom. The molecule has 0 aliphatic carbocycles. The summed E-state index contributed by atoms with van der Waals surface area (Å²) in [6.45, 7) is 2.87. The molecule has 0 saturated heterocycles. The van der Waals surface area contributed by atoms with Gasteiger partial charge in [0.1, 0.15) is 0 Å². The van der Waals surface area contributed by atoms with Gasteiger partial charge in [-0.25, -0.2) is 0 Å². The Balaban J connectivity index is 2.56. The molecule has 1 rings (SSSR count). The van der Waals surface area contributed by atoms with Crippen LogP contribution >= 0.6 is 22.6 Å². The summed E-state index contributed by atoms with van der Waals surface area (Å²) < 4.78 is 0.999. The van der Waals surface area contributed by atoms with Crippen molar-refractivity contribution in [2.24, 2.45) is 0 Å². The van der Waals surface area contributed by atoms with Crippen LogP contribution in [0.3, 0.4) is 0 Å². The highest BCUT2D eigenvalue weighted by Crippen LogP contribution is 2.10. The molecule has 0 fully saturated rings. The number of benzene rings is 1. The van der Waals surface area contributed by atoms with Gasteiger partial charge in [-0.15, -0.1) is 0 Å². The molecule has 0 saturated carbocycles. The zero-order valence-electron chi connectivity index (χ0n) is 8.22. The topological polar surface area (TPSA) is 29.1 Å². The zero-order valence-corrected chi connectivity index (χ0v) is 10.4. The molecule has 0 aliphatic rings. The smallest absolute Gasteiger partial charge is 0.252 e. The first-order valence-corrected chi connectivity index (χ1v) is 5.86. The van der Waals surface area contributed by atoms with Crippen LogP contribution in [-0.2, 0) is 0 Å². The molecule has 14 heavy (non-hydrogen) atoms. The quantitative estimate of drug-likeness (QED) is 0.672. The molecular weight excluding hydrogens is 289 g/mol. The maximum Gasteiger partial charge on any atom is 0.252 e. The van der Waals surface area contributed by atoms with Crippen LogP contribution in [-0.4, -0.2) is 12.5 Å². The molecule has 0 aliphatic heterocycles. The Morgan fingerprint density at radius 1 is 1.43 bits per heavy atom. The van der Waals surface area contributed by atoms with Gasteiger partial charge in [-0.2, -0.15) is 0 Å². The fraction of sp³-hybridized carbons (Fsp3) is 0.364. The normalized spacial score (nSPS) is 9.86. The standard InChI is InChI=1S/C11H14INO/c1-2-3-8-13-11(14)9-6-4-5-7-10(9)12/h4-7H,2-3,8H2,1H3,(H,13,14). The molecule has 1 aromatic rings. The number of hydrogen-bond acceptors (Lipinski definition) is 1. The van der Waals surface area contributed by atoms with Crippen LogP contribution in [0.2, 0.25) is 0 Å². The molecule has 1 amide bonds. The van der Waals surface area contributed by atoms with Crippen LogP contribution in [0.15, 0.2) is 24.3 Å². The van der Waals surface area contributed by atoms with Crippen LogP contribution in [0.4, 0.5) is 0 Å². The van der Waals surface area contributed by atoms with E-state index in [1.54, 1.807) is 0 Å². The average molecular weight is 303 g/mol. The van der Waals surface area contributed by atoms with E-state index < -0.39 is 0 Å². The van der Waals surface area contributed by atoms with Crippen LogP contribution in [0, 0.1) is 3.57 Å². The predicted octanol–water partition coefficient (Wildman–Crippen LogP) is 2.82. The van der Waals surface area contributed by atoms with Crippen molar-refractivity contribution in [2.45, 2.75) is 19.8 Å². The fourth-order valence-electron chi connectivity index (χ4n) is 1.12. The molecule has 2 nitrogen and oxygen atoms in total. The zero-order chi connectivity index (χ0) is 10.4. The lowest BCUT2D eigenvalue weighted by molar-refractivity contribution is 0.0952. The summed E-state index contributed by atoms with van der Waals surface area (Å²) in [7, 11) is 0. The number of unbranched alkanes of at least 4 members (excludes halogenated alkanes) is 1. The third-order valence-corrected chi connectivity index (χ3v) is 2.88. The van der Waals surface area contributed by atoms with E-state index in [0.29, 0.717) is 0 Å².